The molecule has 0 radical (unpaired) electrons. The van der Waals surface area contributed by atoms with Crippen LogP contribution in [0.25, 0.3) is 11.1 Å². The number of carboxylic acid groups (broad SMARTS) is 1. The number of methoxy groups -OCH3 is 1. The maximum atomic E-state index is 11.4. The summed E-state index contributed by atoms with van der Waals surface area (Å²) in [5.74, 6) is -0.731. The third-order valence-corrected chi connectivity index (χ3v) is 9.07. The molecule has 2 aromatic carbocycles. The van der Waals surface area contributed by atoms with Gasteiger partial charge in [0.25, 0.3) is 0 Å². The highest BCUT2D eigenvalue weighted by atomic mass is 16.5. The van der Waals surface area contributed by atoms with Crippen molar-refractivity contribution in [2.75, 3.05) is 40.1 Å². The van der Waals surface area contributed by atoms with E-state index in [1.54, 1.807) is 7.11 Å². The van der Waals surface area contributed by atoms with Gasteiger partial charge >= 0.3 is 5.97 Å². The van der Waals surface area contributed by atoms with Crippen LogP contribution in [0, 0.1) is 0 Å². The number of carbonyl (C=O) groups is 1. The highest BCUT2D eigenvalue weighted by molar-refractivity contribution is 5.82. The van der Waals surface area contributed by atoms with E-state index in [0.29, 0.717) is 39.5 Å². The van der Waals surface area contributed by atoms with E-state index in [0.717, 1.165) is 25.7 Å². The molecule has 226 valence electrons. The molecule has 0 amide bonds. The van der Waals surface area contributed by atoms with E-state index in [9.17, 15) is 9.90 Å². The molecule has 1 N–H and O–H groups in total. The van der Waals surface area contributed by atoms with Gasteiger partial charge in [-0.05, 0) is 71.4 Å². The topological polar surface area (TPSA) is 65.0 Å². The van der Waals surface area contributed by atoms with Gasteiger partial charge in [-0.1, -0.05) is 89.6 Å². The zero-order chi connectivity index (χ0) is 30.1. The van der Waals surface area contributed by atoms with Gasteiger partial charge in [-0.2, -0.15) is 0 Å². The normalized spacial score (nSPS) is 16.8. The summed E-state index contributed by atoms with van der Waals surface area (Å²) in [5.41, 5.74) is 7.66. The van der Waals surface area contributed by atoms with Crippen molar-refractivity contribution in [3.05, 3.63) is 70.8 Å². The van der Waals surface area contributed by atoms with Crippen LogP contribution in [0.4, 0.5) is 0 Å². The Morgan fingerprint density at radius 3 is 2.02 bits per heavy atom. The Bertz CT molecular complexity index is 1180. The van der Waals surface area contributed by atoms with E-state index in [1.165, 1.54) is 33.4 Å². The second-order valence-electron chi connectivity index (χ2n) is 12.6. The first kappa shape index (κ1) is 33.0. The molecule has 0 fully saturated rings. The van der Waals surface area contributed by atoms with Gasteiger partial charge in [0.2, 0.25) is 0 Å². The average Bonchev–Trinajstić information content (AvgIpc) is 3.21. The van der Waals surface area contributed by atoms with Crippen molar-refractivity contribution in [3.63, 3.8) is 0 Å². The van der Waals surface area contributed by atoms with Gasteiger partial charge in [0.05, 0.1) is 26.4 Å². The lowest BCUT2D eigenvalue weighted by atomic mass is 9.69. The van der Waals surface area contributed by atoms with Crippen molar-refractivity contribution in [1.29, 1.82) is 0 Å². The third-order valence-electron chi connectivity index (χ3n) is 9.07. The molecule has 5 heteroatoms. The zero-order valence-electron chi connectivity index (χ0n) is 26.5. The number of allylic oxidation sites excluding steroid dienone is 2. The monoisotopic (exact) mass is 564 g/mol. The number of hydrogen-bond acceptors (Lipinski definition) is 4. The molecule has 0 aliphatic heterocycles. The maximum absolute atomic E-state index is 11.4. The highest BCUT2D eigenvalue weighted by Gasteiger charge is 2.43. The van der Waals surface area contributed by atoms with Crippen molar-refractivity contribution in [1.82, 2.24) is 0 Å². The number of benzene rings is 2. The molecule has 1 aliphatic rings. The summed E-state index contributed by atoms with van der Waals surface area (Å²) >= 11 is 0. The number of rotatable bonds is 18. The van der Waals surface area contributed by atoms with Gasteiger partial charge in [-0.25, -0.2) is 0 Å². The Hall–Kier alpha value is -2.47. The van der Waals surface area contributed by atoms with Crippen LogP contribution in [-0.4, -0.2) is 51.2 Å². The molecule has 1 aliphatic carbocycles. The molecule has 0 spiro atoms. The zero-order valence-corrected chi connectivity index (χ0v) is 26.5. The van der Waals surface area contributed by atoms with E-state index >= 15 is 0 Å². The number of hydrogen-bond donors (Lipinski definition) is 1. The quantitative estimate of drug-likeness (QED) is 0.146. The second-order valence-corrected chi connectivity index (χ2v) is 12.6. The van der Waals surface area contributed by atoms with Crippen molar-refractivity contribution in [2.45, 2.75) is 96.3 Å². The van der Waals surface area contributed by atoms with Gasteiger partial charge in [-0.3, -0.25) is 4.79 Å². The smallest absolute Gasteiger partial charge is 0.303 e. The second kappa shape index (κ2) is 14.6. The molecule has 1 atom stereocenters. The van der Waals surface area contributed by atoms with E-state index in [-0.39, 0.29) is 22.7 Å². The van der Waals surface area contributed by atoms with Crippen LogP contribution < -0.4 is 0 Å². The van der Waals surface area contributed by atoms with Crippen LogP contribution in [0.1, 0.15) is 102 Å². The van der Waals surface area contributed by atoms with E-state index in [1.807, 2.05) is 0 Å². The van der Waals surface area contributed by atoms with Crippen LogP contribution in [0.3, 0.4) is 0 Å². The van der Waals surface area contributed by atoms with Crippen molar-refractivity contribution >= 4 is 5.97 Å². The van der Waals surface area contributed by atoms with Crippen LogP contribution in [0.5, 0.6) is 0 Å². The number of carboxylic acids is 1. The van der Waals surface area contributed by atoms with Crippen molar-refractivity contribution in [3.8, 4) is 11.1 Å². The Morgan fingerprint density at radius 2 is 1.44 bits per heavy atom. The van der Waals surface area contributed by atoms with Gasteiger partial charge in [0, 0.05) is 31.0 Å². The molecular formula is C36H52O5. The third kappa shape index (κ3) is 7.88. The lowest BCUT2D eigenvalue weighted by Crippen LogP contribution is -2.29. The lowest BCUT2D eigenvalue weighted by Gasteiger charge is -2.35. The molecule has 41 heavy (non-hydrogen) atoms. The predicted octanol–water partition coefficient (Wildman–Crippen LogP) is 8.21. The first-order valence-electron chi connectivity index (χ1n) is 15.3. The van der Waals surface area contributed by atoms with Gasteiger partial charge < -0.3 is 19.3 Å². The summed E-state index contributed by atoms with van der Waals surface area (Å²) < 4.78 is 16.8. The molecule has 0 saturated carbocycles. The molecule has 0 bridgehead atoms. The van der Waals surface area contributed by atoms with E-state index in [2.05, 4.69) is 90.1 Å². The molecule has 0 saturated heterocycles. The fraction of sp³-hybridized carbons (Fsp3) is 0.583. The van der Waals surface area contributed by atoms with Crippen LogP contribution in [0.15, 0.2) is 48.6 Å². The number of aliphatic carboxylic acids is 1. The first-order chi connectivity index (χ1) is 19.5. The van der Waals surface area contributed by atoms with E-state index in [4.69, 9.17) is 14.2 Å². The summed E-state index contributed by atoms with van der Waals surface area (Å²) in [6, 6.07) is 14.1. The van der Waals surface area contributed by atoms with Crippen LogP contribution in [-0.2, 0) is 35.3 Å². The Balaban J connectivity index is 2.07. The number of unbranched alkanes of at least 4 members (excludes halogenated alkanes) is 1. The van der Waals surface area contributed by atoms with E-state index < -0.39 is 5.97 Å². The summed E-state index contributed by atoms with van der Waals surface area (Å²) in [4.78, 5) is 11.4. The summed E-state index contributed by atoms with van der Waals surface area (Å²) in [7, 11) is 1.67. The van der Waals surface area contributed by atoms with Gasteiger partial charge in [0.1, 0.15) is 0 Å². The molecule has 5 nitrogen and oxygen atoms in total. The van der Waals surface area contributed by atoms with Gasteiger partial charge in [0.15, 0.2) is 0 Å². The van der Waals surface area contributed by atoms with Crippen LogP contribution >= 0.6 is 0 Å². The number of ether oxygens (including phenoxy) is 3. The molecule has 0 aromatic heterocycles. The average molecular weight is 565 g/mol. The Kier molecular flexibility index (Phi) is 11.8. The Labute approximate surface area is 248 Å². The number of fused-ring (bicyclic) bond motifs is 3. The molecular weight excluding hydrogens is 512 g/mol. The minimum Gasteiger partial charge on any atom is -0.481 e. The van der Waals surface area contributed by atoms with Crippen molar-refractivity contribution in [2.24, 2.45) is 0 Å². The molecule has 0 heterocycles. The highest BCUT2D eigenvalue weighted by Crippen LogP contribution is 2.55. The first-order valence-corrected chi connectivity index (χ1v) is 15.3. The fourth-order valence-corrected chi connectivity index (χ4v) is 6.11. The van der Waals surface area contributed by atoms with Crippen molar-refractivity contribution < 1.29 is 24.1 Å². The van der Waals surface area contributed by atoms with Gasteiger partial charge in [-0.15, -0.1) is 0 Å². The summed E-state index contributed by atoms with van der Waals surface area (Å²) in [5, 5.41) is 9.35. The fourth-order valence-electron chi connectivity index (χ4n) is 6.11. The molecule has 3 rings (SSSR count). The lowest BCUT2D eigenvalue weighted by molar-refractivity contribution is -0.137. The predicted molar refractivity (Wildman–Crippen MR) is 168 cm³/mol. The Morgan fingerprint density at radius 1 is 0.854 bits per heavy atom. The minimum atomic E-state index is -0.731. The standard InChI is InChI=1S/C36H52O5/c1-8-17-35(5,6)28-14-16-30-29-15-13-27(34(3,4)9-2)25-31(29)36(32(30)26-28,18-11-10-12-33(37)38)19-20-40-23-24-41-22-21-39-7/h8,13-17,25-26H,9-12,18-24H2,1-7H3,(H,37,38)/b17-8-. The SMILES string of the molecule is C/C=C\C(C)(C)c1ccc2c(c1)C(CCCCC(=O)O)(CCOCCOCCOC)c1cc(C(C)(C)CC)ccc1-2. The largest absolute Gasteiger partial charge is 0.481 e. The maximum Gasteiger partial charge on any atom is 0.303 e. The van der Waals surface area contributed by atoms with Crippen LogP contribution in [0.2, 0.25) is 0 Å². The summed E-state index contributed by atoms with van der Waals surface area (Å²) in [6.07, 6.45) is 8.87. The minimum absolute atomic E-state index is 0.0635. The molecule has 1 unspecified atom stereocenters. The summed E-state index contributed by atoms with van der Waals surface area (Å²) in [6.45, 7) is 16.3. The molecule has 2 aromatic rings.